The molecule has 0 atom stereocenters. The number of nitrogens with one attached hydrogen (secondary N) is 1. The van der Waals surface area contributed by atoms with Crippen LogP contribution in [0.4, 0.5) is 0 Å². The van der Waals surface area contributed by atoms with E-state index >= 15 is 0 Å². The van der Waals surface area contributed by atoms with E-state index in [2.05, 4.69) is 37.9 Å². The number of hydrogen-bond acceptors (Lipinski definition) is 3. The topological polar surface area (TPSA) is 41.6 Å². The minimum Gasteiger partial charge on any atom is -0.489 e. The van der Waals surface area contributed by atoms with E-state index < -0.39 is 0 Å². The van der Waals surface area contributed by atoms with Gasteiger partial charge in [0.2, 0.25) is 0 Å². The molecule has 0 saturated carbocycles. The maximum atomic E-state index is 12.3. The van der Waals surface area contributed by atoms with Gasteiger partial charge in [-0.05, 0) is 57.5 Å². The van der Waals surface area contributed by atoms with Crippen LogP contribution >= 0.6 is 0 Å². The Morgan fingerprint density at radius 1 is 0.962 bits per heavy atom. The Morgan fingerprint density at radius 2 is 1.58 bits per heavy atom. The Bertz CT molecular complexity index is 658. The second kappa shape index (κ2) is 9.97. The average Bonchev–Trinajstić information content (AvgIpc) is 2.64. The summed E-state index contributed by atoms with van der Waals surface area (Å²) in [7, 11) is 0. The number of rotatable bonds is 9. The van der Waals surface area contributed by atoms with Crippen LogP contribution in [0.2, 0.25) is 0 Å². The Balaban J connectivity index is 1.80. The first-order valence-corrected chi connectivity index (χ1v) is 9.28. The van der Waals surface area contributed by atoms with E-state index in [1.165, 1.54) is 0 Å². The molecular weight excluding hydrogens is 324 g/mol. The van der Waals surface area contributed by atoms with Gasteiger partial charge in [0.15, 0.2) is 0 Å². The molecule has 140 valence electrons. The highest BCUT2D eigenvalue weighted by molar-refractivity contribution is 5.94. The van der Waals surface area contributed by atoms with Crippen molar-refractivity contribution in [1.29, 1.82) is 0 Å². The number of nitrogens with zero attached hydrogens (tertiary/aromatic N) is 1. The Labute approximate surface area is 157 Å². The quantitative estimate of drug-likeness (QED) is 0.737. The van der Waals surface area contributed by atoms with Crippen molar-refractivity contribution in [3.63, 3.8) is 0 Å². The molecule has 0 aliphatic carbocycles. The van der Waals surface area contributed by atoms with Gasteiger partial charge in [0.25, 0.3) is 5.91 Å². The normalized spacial score (nSPS) is 11.2. The summed E-state index contributed by atoms with van der Waals surface area (Å²) < 4.78 is 5.72. The van der Waals surface area contributed by atoms with E-state index in [9.17, 15) is 4.79 Å². The lowest BCUT2D eigenvalue weighted by atomic mass is 10.1. The van der Waals surface area contributed by atoms with Crippen LogP contribution in [0, 0.1) is 0 Å². The van der Waals surface area contributed by atoms with Crippen molar-refractivity contribution in [3.05, 3.63) is 65.7 Å². The van der Waals surface area contributed by atoms with Crippen molar-refractivity contribution in [2.45, 2.75) is 46.4 Å². The fourth-order valence-corrected chi connectivity index (χ4v) is 2.95. The van der Waals surface area contributed by atoms with E-state index in [1.54, 1.807) is 0 Å². The van der Waals surface area contributed by atoms with E-state index in [4.69, 9.17) is 4.74 Å². The molecule has 4 heteroatoms. The monoisotopic (exact) mass is 354 g/mol. The number of hydrogen-bond donors (Lipinski definition) is 1. The molecule has 0 heterocycles. The van der Waals surface area contributed by atoms with Gasteiger partial charge in [0.1, 0.15) is 12.4 Å². The molecule has 1 amide bonds. The van der Waals surface area contributed by atoms with Crippen molar-refractivity contribution in [3.8, 4) is 5.75 Å². The van der Waals surface area contributed by atoms with Crippen LogP contribution in [0.25, 0.3) is 0 Å². The first-order valence-electron chi connectivity index (χ1n) is 9.28. The predicted octanol–water partition coefficient (Wildman–Crippen LogP) is 4.11. The molecule has 0 fully saturated rings. The second-order valence-electron chi connectivity index (χ2n) is 6.98. The Morgan fingerprint density at radius 3 is 2.15 bits per heavy atom. The van der Waals surface area contributed by atoms with Gasteiger partial charge in [-0.1, -0.05) is 30.3 Å². The van der Waals surface area contributed by atoms with E-state index in [1.807, 2.05) is 54.6 Å². The zero-order chi connectivity index (χ0) is 18.9. The van der Waals surface area contributed by atoms with Crippen LogP contribution in [0.3, 0.4) is 0 Å². The fraction of sp³-hybridized carbons (Fsp3) is 0.409. The highest BCUT2D eigenvalue weighted by atomic mass is 16.5. The SMILES string of the molecule is CC(C)N(CCNC(=O)c1ccc(COc2ccccc2)cc1)C(C)C. The van der Waals surface area contributed by atoms with Crippen molar-refractivity contribution < 1.29 is 9.53 Å². The molecule has 2 rings (SSSR count). The lowest BCUT2D eigenvalue weighted by Crippen LogP contribution is -2.42. The zero-order valence-electron chi connectivity index (χ0n) is 16.2. The van der Waals surface area contributed by atoms with Gasteiger partial charge in [0, 0.05) is 30.7 Å². The summed E-state index contributed by atoms with van der Waals surface area (Å²) in [6.45, 7) is 10.7. The summed E-state index contributed by atoms with van der Waals surface area (Å²) in [5.41, 5.74) is 1.71. The minimum atomic E-state index is -0.0343. The summed E-state index contributed by atoms with van der Waals surface area (Å²) in [5, 5.41) is 3.00. The molecule has 0 aliphatic rings. The summed E-state index contributed by atoms with van der Waals surface area (Å²) in [6, 6.07) is 18.2. The van der Waals surface area contributed by atoms with Crippen LogP contribution in [0.5, 0.6) is 5.75 Å². The first-order chi connectivity index (χ1) is 12.5. The Kier molecular flexibility index (Phi) is 7.67. The van der Waals surface area contributed by atoms with Gasteiger partial charge < -0.3 is 10.1 Å². The smallest absolute Gasteiger partial charge is 0.251 e. The first kappa shape index (κ1) is 20.0. The van der Waals surface area contributed by atoms with Crippen LogP contribution in [0.15, 0.2) is 54.6 Å². The van der Waals surface area contributed by atoms with Gasteiger partial charge in [-0.3, -0.25) is 9.69 Å². The van der Waals surface area contributed by atoms with Gasteiger partial charge in [-0.25, -0.2) is 0 Å². The lowest BCUT2D eigenvalue weighted by Gasteiger charge is -2.30. The third kappa shape index (κ3) is 6.19. The maximum absolute atomic E-state index is 12.3. The van der Waals surface area contributed by atoms with E-state index in [-0.39, 0.29) is 5.91 Å². The van der Waals surface area contributed by atoms with Crippen LogP contribution in [-0.2, 0) is 6.61 Å². The highest BCUT2D eigenvalue weighted by Crippen LogP contribution is 2.12. The standard InChI is InChI=1S/C22H30N2O2/c1-17(2)24(18(3)4)15-14-23-22(25)20-12-10-19(11-13-20)16-26-21-8-6-5-7-9-21/h5-13,17-18H,14-16H2,1-4H3,(H,23,25). The van der Waals surface area contributed by atoms with E-state index in [0.717, 1.165) is 17.9 Å². The van der Waals surface area contributed by atoms with Gasteiger partial charge >= 0.3 is 0 Å². The molecule has 0 bridgehead atoms. The number of carbonyl (C=O) groups excluding carboxylic acids is 1. The second-order valence-corrected chi connectivity index (χ2v) is 6.98. The van der Waals surface area contributed by atoms with Crippen molar-refractivity contribution in [2.75, 3.05) is 13.1 Å². The van der Waals surface area contributed by atoms with Gasteiger partial charge in [0.05, 0.1) is 0 Å². The van der Waals surface area contributed by atoms with Crippen molar-refractivity contribution >= 4 is 5.91 Å². The fourth-order valence-electron chi connectivity index (χ4n) is 2.95. The molecule has 0 unspecified atom stereocenters. The molecule has 0 saturated heterocycles. The van der Waals surface area contributed by atoms with E-state index in [0.29, 0.717) is 30.8 Å². The number of carbonyl (C=O) groups is 1. The number of ether oxygens (including phenoxy) is 1. The molecule has 0 aromatic heterocycles. The largest absolute Gasteiger partial charge is 0.489 e. The minimum absolute atomic E-state index is 0.0343. The average molecular weight is 354 g/mol. The predicted molar refractivity (Wildman–Crippen MR) is 107 cm³/mol. The number of benzene rings is 2. The molecule has 26 heavy (non-hydrogen) atoms. The van der Waals surface area contributed by atoms with Crippen molar-refractivity contribution in [1.82, 2.24) is 10.2 Å². The summed E-state index contributed by atoms with van der Waals surface area (Å²) in [4.78, 5) is 14.7. The maximum Gasteiger partial charge on any atom is 0.251 e. The van der Waals surface area contributed by atoms with Crippen LogP contribution in [-0.4, -0.2) is 36.0 Å². The third-order valence-electron chi connectivity index (χ3n) is 4.35. The molecule has 2 aromatic carbocycles. The summed E-state index contributed by atoms with van der Waals surface area (Å²) >= 11 is 0. The van der Waals surface area contributed by atoms with Crippen LogP contribution < -0.4 is 10.1 Å². The van der Waals surface area contributed by atoms with Gasteiger partial charge in [-0.15, -0.1) is 0 Å². The molecule has 4 nitrogen and oxygen atoms in total. The summed E-state index contributed by atoms with van der Waals surface area (Å²) in [6.07, 6.45) is 0. The lowest BCUT2D eigenvalue weighted by molar-refractivity contribution is 0.0939. The molecule has 2 aromatic rings. The molecule has 0 aliphatic heterocycles. The van der Waals surface area contributed by atoms with Crippen LogP contribution in [0.1, 0.15) is 43.6 Å². The highest BCUT2D eigenvalue weighted by Gasteiger charge is 2.13. The molecular formula is C22H30N2O2. The third-order valence-corrected chi connectivity index (χ3v) is 4.35. The van der Waals surface area contributed by atoms with Crippen molar-refractivity contribution in [2.24, 2.45) is 0 Å². The Hall–Kier alpha value is -2.33. The molecule has 0 spiro atoms. The number of amides is 1. The summed E-state index contributed by atoms with van der Waals surface area (Å²) in [5.74, 6) is 0.808. The van der Waals surface area contributed by atoms with Gasteiger partial charge in [-0.2, -0.15) is 0 Å². The number of para-hydroxylation sites is 1. The zero-order valence-corrected chi connectivity index (χ0v) is 16.2. The molecule has 0 radical (unpaired) electrons. The molecule has 1 N–H and O–H groups in total.